The van der Waals surface area contributed by atoms with Crippen LogP contribution in [0.25, 0.3) is 0 Å². The third-order valence-electron chi connectivity index (χ3n) is 4.26. The summed E-state index contributed by atoms with van der Waals surface area (Å²) in [5, 5.41) is 0. The number of carbonyl (C=O) groups excluding carboxylic acids is 1. The van der Waals surface area contributed by atoms with Crippen LogP contribution >= 0.6 is 0 Å². The van der Waals surface area contributed by atoms with E-state index in [1.807, 2.05) is 13.8 Å². The monoisotopic (exact) mass is 282 g/mol. The van der Waals surface area contributed by atoms with Gasteiger partial charge in [-0.3, -0.25) is 4.79 Å². The van der Waals surface area contributed by atoms with Gasteiger partial charge in [0.15, 0.2) is 17.5 Å². The molecule has 0 aliphatic heterocycles. The Kier molecular flexibility index (Phi) is 3.76. The van der Waals surface area contributed by atoms with Gasteiger partial charge in [0.25, 0.3) is 0 Å². The third kappa shape index (κ3) is 2.39. The van der Waals surface area contributed by atoms with E-state index in [0.717, 1.165) is 30.4 Å². The van der Waals surface area contributed by atoms with Crippen molar-refractivity contribution in [2.45, 2.75) is 39.5 Å². The number of rotatable bonds is 2. The van der Waals surface area contributed by atoms with Gasteiger partial charge in [-0.05, 0) is 48.4 Å². The fourth-order valence-corrected chi connectivity index (χ4v) is 3.02. The minimum absolute atomic E-state index is 0.237. The van der Waals surface area contributed by atoms with Crippen molar-refractivity contribution < 1.29 is 18.0 Å². The van der Waals surface area contributed by atoms with Gasteiger partial charge in [-0.1, -0.05) is 19.4 Å². The molecule has 1 atom stereocenters. The van der Waals surface area contributed by atoms with E-state index in [9.17, 15) is 18.0 Å². The van der Waals surface area contributed by atoms with Gasteiger partial charge in [-0.15, -0.1) is 0 Å². The molecule has 0 aromatic heterocycles. The van der Waals surface area contributed by atoms with Crippen molar-refractivity contribution in [3.8, 4) is 0 Å². The number of aldehydes is 1. The summed E-state index contributed by atoms with van der Waals surface area (Å²) in [4.78, 5) is 11.3. The first-order valence-electron chi connectivity index (χ1n) is 6.59. The second-order valence-electron chi connectivity index (χ2n) is 5.99. The molecule has 1 aliphatic carbocycles. The molecule has 1 unspecified atom stereocenters. The minimum atomic E-state index is -1.46. The van der Waals surface area contributed by atoms with Crippen LogP contribution in [-0.2, 0) is 4.79 Å². The predicted octanol–water partition coefficient (Wildman–Crippen LogP) is 4.52. The van der Waals surface area contributed by atoms with Gasteiger partial charge in [0.05, 0.1) is 0 Å². The molecule has 2 rings (SSSR count). The molecule has 0 amide bonds. The smallest absolute Gasteiger partial charge is 0.194 e. The molecule has 1 aliphatic rings. The van der Waals surface area contributed by atoms with E-state index in [1.165, 1.54) is 0 Å². The first kappa shape index (κ1) is 14.8. The van der Waals surface area contributed by atoms with Crippen LogP contribution in [-0.4, -0.2) is 6.29 Å². The fraction of sp³-hybridized carbons (Fsp3) is 0.438. The molecule has 0 N–H and O–H groups in total. The van der Waals surface area contributed by atoms with E-state index in [2.05, 4.69) is 0 Å². The Balaban J connectivity index is 2.52. The molecule has 0 saturated heterocycles. The first-order chi connectivity index (χ1) is 9.27. The van der Waals surface area contributed by atoms with Crippen molar-refractivity contribution in [3.05, 3.63) is 46.3 Å². The van der Waals surface area contributed by atoms with E-state index in [-0.39, 0.29) is 11.3 Å². The van der Waals surface area contributed by atoms with Gasteiger partial charge >= 0.3 is 0 Å². The Morgan fingerprint density at radius 3 is 2.25 bits per heavy atom. The minimum Gasteiger partial charge on any atom is -0.298 e. The molecule has 4 heteroatoms. The zero-order valence-electron chi connectivity index (χ0n) is 11.8. The van der Waals surface area contributed by atoms with Crippen LogP contribution in [0.1, 0.15) is 45.1 Å². The summed E-state index contributed by atoms with van der Waals surface area (Å²) in [6.07, 6.45) is 2.24. The number of carbonyl (C=O) groups is 1. The molecule has 1 aromatic carbocycles. The van der Waals surface area contributed by atoms with Gasteiger partial charge in [-0.2, -0.15) is 0 Å². The number of benzene rings is 1. The van der Waals surface area contributed by atoms with Crippen molar-refractivity contribution in [1.29, 1.82) is 0 Å². The van der Waals surface area contributed by atoms with Crippen LogP contribution in [0.2, 0.25) is 0 Å². The van der Waals surface area contributed by atoms with Crippen LogP contribution < -0.4 is 0 Å². The second-order valence-corrected chi connectivity index (χ2v) is 5.99. The van der Waals surface area contributed by atoms with Gasteiger partial charge in [-0.25, -0.2) is 13.2 Å². The highest BCUT2D eigenvalue weighted by Crippen LogP contribution is 2.45. The highest BCUT2D eigenvalue weighted by molar-refractivity contribution is 5.77. The maximum atomic E-state index is 13.4. The quantitative estimate of drug-likeness (QED) is 0.575. The Labute approximate surface area is 116 Å². The lowest BCUT2D eigenvalue weighted by Gasteiger charge is -2.36. The molecule has 0 fully saturated rings. The summed E-state index contributed by atoms with van der Waals surface area (Å²) in [6, 6.07) is 2.04. The highest BCUT2D eigenvalue weighted by atomic mass is 19.2. The molecule has 20 heavy (non-hydrogen) atoms. The summed E-state index contributed by atoms with van der Waals surface area (Å²) < 4.78 is 39.7. The Morgan fingerprint density at radius 2 is 1.75 bits per heavy atom. The van der Waals surface area contributed by atoms with Gasteiger partial charge in [0.2, 0.25) is 0 Å². The average Bonchev–Trinajstić information content (AvgIpc) is 2.35. The zero-order chi connectivity index (χ0) is 15.1. The topological polar surface area (TPSA) is 17.1 Å². The summed E-state index contributed by atoms with van der Waals surface area (Å²) in [5.74, 6) is -4.08. The first-order valence-corrected chi connectivity index (χ1v) is 6.59. The third-order valence-corrected chi connectivity index (χ3v) is 4.26. The molecule has 108 valence electrons. The Hall–Kier alpha value is -1.58. The lowest BCUT2D eigenvalue weighted by atomic mass is 9.68. The van der Waals surface area contributed by atoms with Crippen LogP contribution in [0.5, 0.6) is 0 Å². The summed E-state index contributed by atoms with van der Waals surface area (Å²) in [6.45, 7) is 5.75. The highest BCUT2D eigenvalue weighted by Gasteiger charge is 2.34. The molecule has 1 nitrogen and oxygen atoms in total. The normalized spacial score (nSPS) is 22.0. The van der Waals surface area contributed by atoms with Crippen LogP contribution in [0, 0.1) is 22.9 Å². The largest absolute Gasteiger partial charge is 0.298 e. The molecule has 0 spiro atoms. The van der Waals surface area contributed by atoms with Crippen LogP contribution in [0.3, 0.4) is 0 Å². The average molecular weight is 282 g/mol. The fourth-order valence-electron chi connectivity index (χ4n) is 3.02. The molecular formula is C16H17F3O. The van der Waals surface area contributed by atoms with E-state index < -0.39 is 17.5 Å². The predicted molar refractivity (Wildman–Crippen MR) is 70.8 cm³/mol. The lowest BCUT2D eigenvalue weighted by molar-refractivity contribution is -0.106. The van der Waals surface area contributed by atoms with E-state index in [0.29, 0.717) is 17.6 Å². The lowest BCUT2D eigenvalue weighted by Crippen LogP contribution is -2.25. The molecule has 0 saturated carbocycles. The molecular weight excluding hydrogens is 265 g/mol. The van der Waals surface area contributed by atoms with Gasteiger partial charge < -0.3 is 0 Å². The number of halogens is 3. The number of hydrogen-bond donors (Lipinski definition) is 0. The summed E-state index contributed by atoms with van der Waals surface area (Å²) in [7, 11) is 0. The van der Waals surface area contributed by atoms with Crippen molar-refractivity contribution in [2.24, 2.45) is 5.41 Å². The molecule has 1 aromatic rings. The molecule has 0 bridgehead atoms. The maximum Gasteiger partial charge on any atom is 0.194 e. The van der Waals surface area contributed by atoms with Crippen molar-refractivity contribution in [3.63, 3.8) is 0 Å². The van der Waals surface area contributed by atoms with Crippen molar-refractivity contribution in [1.82, 2.24) is 0 Å². The number of hydrogen-bond acceptors (Lipinski definition) is 1. The summed E-state index contributed by atoms with van der Waals surface area (Å²) in [5.41, 5.74) is 1.62. The van der Waals surface area contributed by atoms with E-state index >= 15 is 0 Å². The maximum absolute atomic E-state index is 13.4. The Morgan fingerprint density at radius 1 is 1.20 bits per heavy atom. The van der Waals surface area contributed by atoms with Crippen LogP contribution in [0.4, 0.5) is 13.2 Å². The SMILES string of the molecule is CC1=C(C=O)C(C)(C)CCC1c1cc(F)c(F)c(F)c1. The second kappa shape index (κ2) is 5.08. The summed E-state index contributed by atoms with van der Waals surface area (Å²) >= 11 is 0. The van der Waals surface area contributed by atoms with E-state index in [1.54, 1.807) is 6.92 Å². The van der Waals surface area contributed by atoms with Crippen molar-refractivity contribution >= 4 is 6.29 Å². The Bertz CT molecular complexity index is 564. The molecule has 0 radical (unpaired) electrons. The van der Waals surface area contributed by atoms with Gasteiger partial charge in [0.1, 0.15) is 6.29 Å². The van der Waals surface area contributed by atoms with Crippen LogP contribution in [0.15, 0.2) is 23.3 Å². The van der Waals surface area contributed by atoms with E-state index in [4.69, 9.17) is 0 Å². The number of allylic oxidation sites excluding steroid dienone is 2. The standard InChI is InChI=1S/C16H17F3O/c1-9-11(4-5-16(2,3)12(9)8-20)10-6-13(17)15(19)14(18)7-10/h6-8,11H,4-5H2,1-3H3. The molecule has 0 heterocycles. The van der Waals surface area contributed by atoms with Gasteiger partial charge in [0, 0.05) is 5.92 Å². The zero-order valence-corrected chi connectivity index (χ0v) is 11.8. The van der Waals surface area contributed by atoms with Crippen molar-refractivity contribution in [2.75, 3.05) is 0 Å².